The molecule has 0 bridgehead atoms. The third kappa shape index (κ3) is 4.13. The quantitative estimate of drug-likeness (QED) is 0.535. The molecule has 6 heteroatoms. The number of rotatable bonds is 8. The van der Waals surface area contributed by atoms with Crippen LogP contribution in [0.25, 0.3) is 11.0 Å². The molecule has 2 aromatic carbocycles. The maximum atomic E-state index is 13.4. The standard InChI is InChI=1S/C24H29N3O3/c1-4-12-27-20-8-6-5-7-19(20)25-23(27)15-26(13-11-17(2)3)24(28)18-9-10-21-22(14-18)30-16-29-21/h5-10,14,17H,4,11-13,15-16H2,1-3H3. The van der Waals surface area contributed by atoms with Gasteiger partial charge < -0.3 is 18.9 Å². The maximum absolute atomic E-state index is 13.4. The summed E-state index contributed by atoms with van der Waals surface area (Å²) in [5, 5.41) is 0. The Labute approximate surface area is 177 Å². The molecule has 30 heavy (non-hydrogen) atoms. The van der Waals surface area contributed by atoms with Crippen molar-refractivity contribution in [2.75, 3.05) is 13.3 Å². The van der Waals surface area contributed by atoms with Crippen molar-refractivity contribution in [3.63, 3.8) is 0 Å². The van der Waals surface area contributed by atoms with Crippen LogP contribution in [0, 0.1) is 5.92 Å². The Morgan fingerprint density at radius 3 is 2.77 bits per heavy atom. The van der Waals surface area contributed by atoms with Crippen LogP contribution in [-0.4, -0.2) is 33.7 Å². The van der Waals surface area contributed by atoms with E-state index in [0.29, 0.717) is 36.1 Å². The third-order valence-electron chi connectivity index (χ3n) is 5.40. The number of fused-ring (bicyclic) bond motifs is 2. The normalized spacial score (nSPS) is 12.7. The summed E-state index contributed by atoms with van der Waals surface area (Å²) in [7, 11) is 0. The first-order chi connectivity index (χ1) is 14.6. The smallest absolute Gasteiger partial charge is 0.254 e. The van der Waals surface area contributed by atoms with E-state index >= 15 is 0 Å². The molecule has 1 aromatic heterocycles. The molecule has 0 radical (unpaired) electrons. The summed E-state index contributed by atoms with van der Waals surface area (Å²) in [6.45, 7) is 8.75. The molecule has 1 amide bonds. The van der Waals surface area contributed by atoms with Crippen LogP contribution < -0.4 is 9.47 Å². The molecule has 0 atom stereocenters. The van der Waals surface area contributed by atoms with Gasteiger partial charge in [0.05, 0.1) is 17.6 Å². The number of aryl methyl sites for hydroxylation is 1. The Hall–Kier alpha value is -3.02. The lowest BCUT2D eigenvalue weighted by molar-refractivity contribution is 0.0729. The zero-order valence-corrected chi connectivity index (χ0v) is 17.9. The minimum atomic E-state index is -0.0101. The van der Waals surface area contributed by atoms with Crippen LogP contribution >= 0.6 is 0 Å². The van der Waals surface area contributed by atoms with Crippen LogP contribution in [0.15, 0.2) is 42.5 Å². The maximum Gasteiger partial charge on any atom is 0.254 e. The van der Waals surface area contributed by atoms with Gasteiger partial charge in [-0.1, -0.05) is 32.9 Å². The van der Waals surface area contributed by atoms with Crippen molar-refractivity contribution in [2.45, 2.75) is 46.7 Å². The summed E-state index contributed by atoms with van der Waals surface area (Å²) in [6, 6.07) is 13.6. The highest BCUT2D eigenvalue weighted by Crippen LogP contribution is 2.33. The van der Waals surface area contributed by atoms with Gasteiger partial charge in [-0.25, -0.2) is 4.98 Å². The lowest BCUT2D eigenvalue weighted by Gasteiger charge is -2.24. The van der Waals surface area contributed by atoms with Gasteiger partial charge in [0.2, 0.25) is 6.79 Å². The number of para-hydroxylation sites is 2. The molecule has 1 aliphatic heterocycles. The van der Waals surface area contributed by atoms with E-state index in [9.17, 15) is 4.79 Å². The number of imidazole rings is 1. The van der Waals surface area contributed by atoms with E-state index in [2.05, 4.69) is 31.4 Å². The molecular weight excluding hydrogens is 378 g/mol. The Bertz CT molecular complexity index is 1040. The minimum Gasteiger partial charge on any atom is -0.454 e. The Kier molecular flexibility index (Phi) is 5.93. The van der Waals surface area contributed by atoms with Gasteiger partial charge in [0.1, 0.15) is 5.82 Å². The molecule has 1 aliphatic rings. The highest BCUT2D eigenvalue weighted by Gasteiger charge is 2.23. The van der Waals surface area contributed by atoms with Crippen molar-refractivity contribution < 1.29 is 14.3 Å². The van der Waals surface area contributed by atoms with Gasteiger partial charge in [0, 0.05) is 18.7 Å². The van der Waals surface area contributed by atoms with Gasteiger partial charge in [-0.3, -0.25) is 4.79 Å². The van der Waals surface area contributed by atoms with E-state index in [-0.39, 0.29) is 12.7 Å². The zero-order chi connectivity index (χ0) is 21.1. The summed E-state index contributed by atoms with van der Waals surface area (Å²) in [6.07, 6.45) is 1.94. The number of ether oxygens (including phenoxy) is 2. The highest BCUT2D eigenvalue weighted by molar-refractivity contribution is 5.95. The van der Waals surface area contributed by atoms with Crippen molar-refractivity contribution >= 4 is 16.9 Å². The largest absolute Gasteiger partial charge is 0.454 e. The predicted octanol–water partition coefficient (Wildman–Crippen LogP) is 4.86. The van der Waals surface area contributed by atoms with E-state index < -0.39 is 0 Å². The van der Waals surface area contributed by atoms with E-state index in [0.717, 1.165) is 36.2 Å². The zero-order valence-electron chi connectivity index (χ0n) is 17.9. The summed E-state index contributed by atoms with van der Waals surface area (Å²) >= 11 is 0. The van der Waals surface area contributed by atoms with Gasteiger partial charge in [-0.05, 0) is 49.1 Å². The van der Waals surface area contributed by atoms with Crippen LogP contribution in [-0.2, 0) is 13.1 Å². The van der Waals surface area contributed by atoms with E-state index in [1.54, 1.807) is 6.07 Å². The monoisotopic (exact) mass is 407 g/mol. The second kappa shape index (κ2) is 8.78. The molecule has 2 heterocycles. The van der Waals surface area contributed by atoms with E-state index in [1.165, 1.54) is 0 Å². The molecule has 0 fully saturated rings. The minimum absolute atomic E-state index is 0.0101. The summed E-state index contributed by atoms with van der Waals surface area (Å²) in [5.74, 6) is 2.74. The SMILES string of the molecule is CCCn1c(CN(CCC(C)C)C(=O)c2ccc3c(c2)OCO3)nc2ccccc21. The van der Waals surface area contributed by atoms with Crippen LogP contribution in [0.2, 0.25) is 0 Å². The Balaban J connectivity index is 1.65. The number of amides is 1. The van der Waals surface area contributed by atoms with Crippen LogP contribution in [0.5, 0.6) is 11.5 Å². The first-order valence-corrected chi connectivity index (χ1v) is 10.7. The lowest BCUT2D eigenvalue weighted by Crippen LogP contribution is -2.33. The number of benzene rings is 2. The molecule has 0 spiro atoms. The van der Waals surface area contributed by atoms with Crippen molar-refractivity contribution in [3.05, 3.63) is 53.9 Å². The molecular formula is C24H29N3O3. The fourth-order valence-electron chi connectivity index (χ4n) is 3.77. The van der Waals surface area contributed by atoms with Crippen molar-refractivity contribution in [1.29, 1.82) is 0 Å². The number of carbonyl (C=O) groups is 1. The first kappa shape index (κ1) is 20.3. The average Bonchev–Trinajstić information content (AvgIpc) is 3.35. The summed E-state index contributed by atoms with van der Waals surface area (Å²) < 4.78 is 13.1. The molecule has 158 valence electrons. The highest BCUT2D eigenvalue weighted by atomic mass is 16.7. The third-order valence-corrected chi connectivity index (χ3v) is 5.40. The summed E-state index contributed by atoms with van der Waals surface area (Å²) in [4.78, 5) is 20.2. The van der Waals surface area contributed by atoms with Gasteiger partial charge >= 0.3 is 0 Å². The van der Waals surface area contributed by atoms with Gasteiger partial charge in [0.15, 0.2) is 11.5 Å². The fourth-order valence-corrected chi connectivity index (χ4v) is 3.77. The molecule has 3 aromatic rings. The van der Waals surface area contributed by atoms with Crippen molar-refractivity contribution in [2.24, 2.45) is 5.92 Å². The van der Waals surface area contributed by atoms with Crippen LogP contribution in [0.4, 0.5) is 0 Å². The van der Waals surface area contributed by atoms with Crippen molar-refractivity contribution in [3.8, 4) is 11.5 Å². The Morgan fingerprint density at radius 1 is 1.17 bits per heavy atom. The molecule has 6 nitrogen and oxygen atoms in total. The lowest BCUT2D eigenvalue weighted by atomic mass is 10.1. The number of aromatic nitrogens is 2. The second-order valence-corrected chi connectivity index (χ2v) is 8.15. The number of hydrogen-bond donors (Lipinski definition) is 0. The number of carbonyl (C=O) groups excluding carboxylic acids is 1. The first-order valence-electron chi connectivity index (χ1n) is 10.7. The number of hydrogen-bond acceptors (Lipinski definition) is 4. The molecule has 4 rings (SSSR count). The molecule has 0 saturated carbocycles. The molecule has 0 saturated heterocycles. The molecule has 0 N–H and O–H groups in total. The number of nitrogens with zero attached hydrogens (tertiary/aromatic N) is 3. The molecule has 0 aliphatic carbocycles. The average molecular weight is 408 g/mol. The topological polar surface area (TPSA) is 56.6 Å². The van der Waals surface area contributed by atoms with Gasteiger partial charge in [-0.2, -0.15) is 0 Å². The predicted molar refractivity (Wildman–Crippen MR) is 117 cm³/mol. The molecule has 0 unspecified atom stereocenters. The summed E-state index contributed by atoms with van der Waals surface area (Å²) in [5.41, 5.74) is 2.70. The van der Waals surface area contributed by atoms with Crippen LogP contribution in [0.1, 0.15) is 49.8 Å². The van der Waals surface area contributed by atoms with E-state index in [4.69, 9.17) is 14.5 Å². The van der Waals surface area contributed by atoms with Gasteiger partial charge in [-0.15, -0.1) is 0 Å². The second-order valence-electron chi connectivity index (χ2n) is 8.15. The van der Waals surface area contributed by atoms with E-state index in [1.807, 2.05) is 35.2 Å². The van der Waals surface area contributed by atoms with Gasteiger partial charge in [0.25, 0.3) is 5.91 Å². The van der Waals surface area contributed by atoms with Crippen molar-refractivity contribution in [1.82, 2.24) is 14.5 Å². The fraction of sp³-hybridized carbons (Fsp3) is 0.417. The Morgan fingerprint density at radius 2 is 1.97 bits per heavy atom. The van der Waals surface area contributed by atoms with Crippen LogP contribution in [0.3, 0.4) is 0 Å².